The van der Waals surface area contributed by atoms with Crippen molar-refractivity contribution in [2.75, 3.05) is 0 Å². The molecule has 4 aliphatic rings. The van der Waals surface area contributed by atoms with Crippen LogP contribution in [-0.2, 0) is 6.54 Å². The van der Waals surface area contributed by atoms with Crippen LogP contribution in [0.3, 0.4) is 0 Å². The molecule has 1 saturated heterocycles. The maximum Gasteiger partial charge on any atom is 0.0730 e. The summed E-state index contributed by atoms with van der Waals surface area (Å²) in [6.45, 7) is 0.868. The Balaban J connectivity index is 1.53. The summed E-state index contributed by atoms with van der Waals surface area (Å²) in [6, 6.07) is 11.0. The van der Waals surface area contributed by atoms with E-state index < -0.39 is 0 Å². The van der Waals surface area contributed by atoms with Crippen LogP contribution >= 0.6 is 0 Å². The van der Waals surface area contributed by atoms with Crippen LogP contribution in [0.5, 0.6) is 0 Å². The van der Waals surface area contributed by atoms with Gasteiger partial charge in [0.05, 0.1) is 12.2 Å². The van der Waals surface area contributed by atoms with Crippen LogP contribution in [0.1, 0.15) is 18.4 Å². The van der Waals surface area contributed by atoms with Crippen molar-refractivity contribution >= 4 is 0 Å². The molecule has 0 radical (unpaired) electrons. The fourth-order valence-corrected chi connectivity index (χ4v) is 6.04. The molecule has 1 aromatic rings. The molecule has 1 heterocycles. The van der Waals surface area contributed by atoms with E-state index in [0.717, 1.165) is 19.4 Å². The largest absolute Gasteiger partial charge is 0.391 e. The second-order valence-electron chi connectivity index (χ2n) is 7.24. The van der Waals surface area contributed by atoms with Crippen molar-refractivity contribution in [2.45, 2.75) is 43.7 Å². The SMILES string of the molecule is O[C@@H]1[C@@H]2C[C@H]3[C@H]4C[C@H]([C@H](O)[C@@H]42)N(Cc2ccccc2)[C@H]13. The van der Waals surface area contributed by atoms with Gasteiger partial charge in [0.25, 0.3) is 0 Å². The summed E-state index contributed by atoms with van der Waals surface area (Å²) in [7, 11) is 0. The molecule has 3 aliphatic carbocycles. The van der Waals surface area contributed by atoms with Gasteiger partial charge in [-0.2, -0.15) is 0 Å². The van der Waals surface area contributed by atoms with Gasteiger partial charge in [-0.25, -0.2) is 0 Å². The zero-order valence-electron chi connectivity index (χ0n) is 11.5. The van der Waals surface area contributed by atoms with Crippen LogP contribution in [0.25, 0.3) is 0 Å². The van der Waals surface area contributed by atoms with Gasteiger partial charge in [0, 0.05) is 18.6 Å². The highest BCUT2D eigenvalue weighted by Gasteiger charge is 2.69. The second kappa shape index (κ2) is 3.85. The Kier molecular flexibility index (Phi) is 2.25. The summed E-state index contributed by atoms with van der Waals surface area (Å²) in [4.78, 5) is 2.43. The molecular weight excluding hydrogens is 250 g/mol. The lowest BCUT2D eigenvalue weighted by Gasteiger charge is -2.45. The zero-order valence-corrected chi connectivity index (χ0v) is 11.5. The summed E-state index contributed by atoms with van der Waals surface area (Å²) < 4.78 is 0. The highest BCUT2D eigenvalue weighted by atomic mass is 16.3. The molecule has 20 heavy (non-hydrogen) atoms. The lowest BCUT2D eigenvalue weighted by Crippen LogP contribution is -2.55. The lowest BCUT2D eigenvalue weighted by molar-refractivity contribution is -0.0448. The quantitative estimate of drug-likeness (QED) is 0.851. The molecule has 3 heteroatoms. The smallest absolute Gasteiger partial charge is 0.0730 e. The van der Waals surface area contributed by atoms with Crippen molar-refractivity contribution < 1.29 is 10.2 Å². The number of hydrogen-bond donors (Lipinski definition) is 2. The zero-order chi connectivity index (χ0) is 13.4. The molecule has 4 fully saturated rings. The van der Waals surface area contributed by atoms with Gasteiger partial charge in [-0.05, 0) is 42.1 Å². The molecule has 3 saturated carbocycles. The van der Waals surface area contributed by atoms with Crippen molar-refractivity contribution in [3.63, 3.8) is 0 Å². The number of aliphatic hydroxyl groups is 2. The van der Waals surface area contributed by atoms with Crippen LogP contribution in [0.4, 0.5) is 0 Å². The highest BCUT2D eigenvalue weighted by Crippen LogP contribution is 2.64. The molecule has 2 N–H and O–H groups in total. The molecule has 8 atom stereocenters. The number of rotatable bonds is 2. The topological polar surface area (TPSA) is 43.7 Å². The molecule has 1 aromatic carbocycles. The van der Waals surface area contributed by atoms with Crippen molar-refractivity contribution in [1.82, 2.24) is 4.90 Å². The molecule has 0 spiro atoms. The first kappa shape index (κ1) is 11.7. The van der Waals surface area contributed by atoms with Crippen LogP contribution in [0, 0.1) is 23.7 Å². The molecular formula is C17H21NO2. The Morgan fingerprint density at radius 1 is 0.950 bits per heavy atom. The summed E-state index contributed by atoms with van der Waals surface area (Å²) in [5, 5.41) is 21.3. The minimum absolute atomic E-state index is 0.218. The second-order valence-corrected chi connectivity index (χ2v) is 7.24. The number of piperidine rings is 1. The Hall–Kier alpha value is -0.900. The fourth-order valence-electron chi connectivity index (χ4n) is 6.04. The van der Waals surface area contributed by atoms with Crippen LogP contribution in [0.15, 0.2) is 30.3 Å². The highest BCUT2D eigenvalue weighted by molar-refractivity contribution is 5.23. The van der Waals surface area contributed by atoms with Gasteiger partial charge in [-0.1, -0.05) is 30.3 Å². The van der Waals surface area contributed by atoms with E-state index in [2.05, 4.69) is 29.2 Å². The average Bonchev–Trinajstić information content (AvgIpc) is 3.06. The first-order chi connectivity index (χ1) is 9.75. The third kappa shape index (κ3) is 1.27. The third-order valence-electron chi connectivity index (χ3n) is 6.63. The molecule has 106 valence electrons. The average molecular weight is 271 g/mol. The van der Waals surface area contributed by atoms with E-state index in [4.69, 9.17) is 0 Å². The predicted molar refractivity (Wildman–Crippen MR) is 74.8 cm³/mol. The van der Waals surface area contributed by atoms with Crippen molar-refractivity contribution in [3.8, 4) is 0 Å². The normalized spacial score (nSPS) is 52.1. The van der Waals surface area contributed by atoms with E-state index in [-0.39, 0.29) is 24.3 Å². The minimum Gasteiger partial charge on any atom is -0.391 e. The minimum atomic E-state index is -0.221. The molecule has 0 unspecified atom stereocenters. The standard InChI is InChI=1S/C17H21NO2/c19-16-12-6-11-10-7-13(17(20)14(10)12)18(15(11)16)8-9-4-2-1-3-5-9/h1-5,10-17,19-20H,6-8H2/t10-,11+,12-,13-,14+,15+,16-,17+/m1/s1. The molecule has 5 rings (SSSR count). The molecule has 4 bridgehead atoms. The van der Waals surface area contributed by atoms with Gasteiger partial charge in [0.1, 0.15) is 0 Å². The Labute approximate surface area is 119 Å². The number of aliphatic hydroxyl groups excluding tert-OH is 2. The van der Waals surface area contributed by atoms with Gasteiger partial charge in [0.2, 0.25) is 0 Å². The van der Waals surface area contributed by atoms with Crippen LogP contribution < -0.4 is 0 Å². The van der Waals surface area contributed by atoms with Crippen LogP contribution in [0.2, 0.25) is 0 Å². The van der Waals surface area contributed by atoms with Crippen LogP contribution in [-0.4, -0.2) is 39.4 Å². The van der Waals surface area contributed by atoms with E-state index in [1.165, 1.54) is 5.56 Å². The predicted octanol–water partition coefficient (Wildman–Crippen LogP) is 1.25. The van der Waals surface area contributed by atoms with E-state index in [1.807, 2.05) is 6.07 Å². The Morgan fingerprint density at radius 2 is 1.75 bits per heavy atom. The molecule has 0 aromatic heterocycles. The van der Waals surface area contributed by atoms with Crippen molar-refractivity contribution in [2.24, 2.45) is 23.7 Å². The molecule has 0 amide bonds. The summed E-state index contributed by atoms with van der Waals surface area (Å²) >= 11 is 0. The first-order valence-electron chi connectivity index (χ1n) is 7.91. The fraction of sp³-hybridized carbons (Fsp3) is 0.647. The third-order valence-corrected chi connectivity index (χ3v) is 6.63. The maximum absolute atomic E-state index is 10.7. The lowest BCUT2D eigenvalue weighted by atomic mass is 9.76. The number of nitrogens with zero attached hydrogens (tertiary/aromatic N) is 1. The van der Waals surface area contributed by atoms with E-state index in [9.17, 15) is 10.2 Å². The van der Waals surface area contributed by atoms with Gasteiger partial charge in [0.15, 0.2) is 0 Å². The van der Waals surface area contributed by atoms with Gasteiger partial charge >= 0.3 is 0 Å². The number of fused-ring (bicyclic) bond motifs is 3. The number of benzene rings is 1. The van der Waals surface area contributed by atoms with Gasteiger partial charge in [-0.3, -0.25) is 4.90 Å². The van der Waals surface area contributed by atoms with Crippen molar-refractivity contribution in [1.29, 1.82) is 0 Å². The van der Waals surface area contributed by atoms with E-state index >= 15 is 0 Å². The van der Waals surface area contributed by atoms with Crippen molar-refractivity contribution in [3.05, 3.63) is 35.9 Å². The van der Waals surface area contributed by atoms with E-state index in [0.29, 0.717) is 23.7 Å². The summed E-state index contributed by atoms with van der Waals surface area (Å²) in [6.07, 6.45) is 1.84. The molecule has 1 aliphatic heterocycles. The first-order valence-corrected chi connectivity index (χ1v) is 7.91. The van der Waals surface area contributed by atoms with Gasteiger partial charge < -0.3 is 10.2 Å². The number of likely N-dealkylation sites (tertiary alicyclic amines) is 1. The van der Waals surface area contributed by atoms with Gasteiger partial charge in [-0.15, -0.1) is 0 Å². The Bertz CT molecular complexity index is 533. The summed E-state index contributed by atoms with van der Waals surface area (Å²) in [5.74, 6) is 2.03. The van der Waals surface area contributed by atoms with E-state index in [1.54, 1.807) is 0 Å². The maximum atomic E-state index is 10.7. The monoisotopic (exact) mass is 271 g/mol. The molecule has 3 nitrogen and oxygen atoms in total. The number of hydrogen-bond acceptors (Lipinski definition) is 3. The summed E-state index contributed by atoms with van der Waals surface area (Å²) in [5.41, 5.74) is 1.29. The Morgan fingerprint density at radius 3 is 2.55 bits per heavy atom.